The fourth-order valence-corrected chi connectivity index (χ4v) is 5.47. The number of ether oxygens (including phenoxy) is 1. The minimum absolute atomic E-state index is 0.0900. The molecule has 3 aromatic rings. The van der Waals surface area contributed by atoms with Crippen molar-refractivity contribution in [1.29, 1.82) is 0 Å². The molecule has 0 saturated carbocycles. The van der Waals surface area contributed by atoms with Crippen molar-refractivity contribution in [1.82, 2.24) is 5.32 Å². The molecule has 1 aliphatic heterocycles. The summed E-state index contributed by atoms with van der Waals surface area (Å²) in [7, 11) is -3.94. The van der Waals surface area contributed by atoms with E-state index in [1.807, 2.05) is 44.2 Å². The minimum Gasteiger partial charge on any atom is -0.476 e. The van der Waals surface area contributed by atoms with Gasteiger partial charge in [-0.2, -0.15) is 0 Å². The summed E-state index contributed by atoms with van der Waals surface area (Å²) in [5.74, 6) is -0.0379. The van der Waals surface area contributed by atoms with E-state index >= 15 is 0 Å². The number of sulfonamides is 1. The maximum atomic E-state index is 13.5. The van der Waals surface area contributed by atoms with Gasteiger partial charge in [-0.05, 0) is 62.2 Å². The number of halogens is 1. The average molecular weight is 485 g/mol. The van der Waals surface area contributed by atoms with Gasteiger partial charge in [-0.15, -0.1) is 0 Å². The predicted molar refractivity (Wildman–Crippen MR) is 129 cm³/mol. The molecule has 4 rings (SSSR count). The van der Waals surface area contributed by atoms with E-state index in [0.29, 0.717) is 22.9 Å². The zero-order valence-electron chi connectivity index (χ0n) is 18.4. The number of hydrogen-bond acceptors (Lipinski definition) is 4. The summed E-state index contributed by atoms with van der Waals surface area (Å²) in [6, 6.07) is 22.6. The summed E-state index contributed by atoms with van der Waals surface area (Å²) < 4.78 is 34.1. The largest absolute Gasteiger partial charge is 0.476 e. The lowest BCUT2D eigenvalue weighted by Crippen LogP contribution is -2.55. The Kier molecular flexibility index (Phi) is 6.36. The van der Waals surface area contributed by atoms with E-state index < -0.39 is 21.7 Å². The van der Waals surface area contributed by atoms with Crippen molar-refractivity contribution in [2.24, 2.45) is 0 Å². The van der Waals surface area contributed by atoms with Crippen LogP contribution in [0.2, 0.25) is 5.02 Å². The maximum absolute atomic E-state index is 13.5. The van der Waals surface area contributed by atoms with E-state index in [0.717, 1.165) is 5.56 Å². The highest BCUT2D eigenvalue weighted by Gasteiger charge is 2.38. The number of benzene rings is 3. The Balaban J connectivity index is 1.59. The number of fused-ring (bicyclic) bond motifs is 1. The van der Waals surface area contributed by atoms with Crippen molar-refractivity contribution in [2.75, 3.05) is 10.8 Å². The number of para-hydroxylation sites is 2. The molecule has 3 aromatic carbocycles. The van der Waals surface area contributed by atoms with E-state index in [1.54, 1.807) is 24.3 Å². The van der Waals surface area contributed by atoms with Gasteiger partial charge >= 0.3 is 0 Å². The van der Waals surface area contributed by atoms with Crippen LogP contribution in [0.1, 0.15) is 19.4 Å². The first-order chi connectivity index (χ1) is 15.7. The molecule has 0 saturated heterocycles. The zero-order valence-corrected chi connectivity index (χ0v) is 19.9. The highest BCUT2D eigenvalue weighted by Crippen LogP contribution is 2.37. The highest BCUT2D eigenvalue weighted by atomic mass is 35.5. The van der Waals surface area contributed by atoms with Gasteiger partial charge in [0.2, 0.25) is 0 Å². The fourth-order valence-electron chi connectivity index (χ4n) is 3.86. The molecule has 0 radical (unpaired) electrons. The van der Waals surface area contributed by atoms with Crippen LogP contribution in [0.4, 0.5) is 5.69 Å². The molecule has 0 aliphatic carbocycles. The monoisotopic (exact) mass is 484 g/mol. The summed E-state index contributed by atoms with van der Waals surface area (Å²) in [6.45, 7) is 3.71. The van der Waals surface area contributed by atoms with Gasteiger partial charge in [-0.3, -0.25) is 9.10 Å². The molecule has 0 spiro atoms. The molecule has 1 amide bonds. The first-order valence-corrected chi connectivity index (χ1v) is 12.4. The number of rotatable bonds is 6. The van der Waals surface area contributed by atoms with Crippen LogP contribution in [0.5, 0.6) is 5.75 Å². The van der Waals surface area contributed by atoms with Gasteiger partial charge in [0.1, 0.15) is 5.75 Å². The van der Waals surface area contributed by atoms with E-state index in [-0.39, 0.29) is 17.3 Å². The Morgan fingerprint density at radius 3 is 2.36 bits per heavy atom. The number of carbonyl (C=O) groups is 1. The second kappa shape index (κ2) is 9.08. The number of hydrogen-bond donors (Lipinski definition) is 1. The molecule has 33 heavy (non-hydrogen) atoms. The summed E-state index contributed by atoms with van der Waals surface area (Å²) in [6.07, 6.45) is -0.382. The van der Waals surface area contributed by atoms with E-state index in [4.69, 9.17) is 16.3 Å². The number of nitrogens with one attached hydrogen (secondary N) is 1. The summed E-state index contributed by atoms with van der Waals surface area (Å²) in [4.78, 5) is 13.3. The molecular formula is C25H25ClN2O4S. The second-order valence-corrected chi connectivity index (χ2v) is 10.9. The normalized spacial score (nSPS) is 16.0. The van der Waals surface area contributed by atoms with Gasteiger partial charge in [0.05, 0.1) is 17.1 Å². The van der Waals surface area contributed by atoms with Gasteiger partial charge in [0, 0.05) is 10.6 Å². The van der Waals surface area contributed by atoms with Crippen molar-refractivity contribution in [3.63, 3.8) is 0 Å². The Morgan fingerprint density at radius 1 is 1.03 bits per heavy atom. The third-order valence-corrected chi connectivity index (χ3v) is 7.43. The Hall–Kier alpha value is -3.03. The van der Waals surface area contributed by atoms with Crippen LogP contribution >= 0.6 is 11.6 Å². The number of carbonyl (C=O) groups excluding carboxylic acids is 1. The quantitative estimate of drug-likeness (QED) is 0.561. The minimum atomic E-state index is -3.94. The third-order valence-electron chi connectivity index (χ3n) is 5.38. The Morgan fingerprint density at radius 2 is 1.67 bits per heavy atom. The highest BCUT2D eigenvalue weighted by molar-refractivity contribution is 7.92. The summed E-state index contributed by atoms with van der Waals surface area (Å²) >= 11 is 5.93. The number of amides is 1. The van der Waals surface area contributed by atoms with Gasteiger partial charge in [-0.25, -0.2) is 8.42 Å². The van der Waals surface area contributed by atoms with Crippen LogP contribution in [0, 0.1) is 0 Å². The van der Waals surface area contributed by atoms with Crippen molar-refractivity contribution >= 4 is 33.2 Å². The van der Waals surface area contributed by atoms with Crippen molar-refractivity contribution < 1.29 is 17.9 Å². The van der Waals surface area contributed by atoms with Gasteiger partial charge in [0.25, 0.3) is 15.9 Å². The molecule has 1 aliphatic rings. The molecule has 172 valence electrons. The van der Waals surface area contributed by atoms with Crippen molar-refractivity contribution in [3.8, 4) is 5.75 Å². The van der Waals surface area contributed by atoms with Gasteiger partial charge in [-0.1, -0.05) is 54.1 Å². The first-order valence-electron chi connectivity index (χ1n) is 10.6. The zero-order chi connectivity index (χ0) is 23.6. The number of anilines is 1. The molecule has 0 bridgehead atoms. The third kappa shape index (κ3) is 5.15. The van der Waals surface area contributed by atoms with Crippen LogP contribution in [0.25, 0.3) is 0 Å². The molecule has 1 heterocycles. The number of nitrogens with zero attached hydrogens (tertiary/aromatic N) is 1. The molecular weight excluding hydrogens is 460 g/mol. The lowest BCUT2D eigenvalue weighted by atomic mass is 9.94. The summed E-state index contributed by atoms with van der Waals surface area (Å²) in [5.41, 5.74) is 0.920. The first kappa shape index (κ1) is 23.1. The SMILES string of the molecule is CC(C)(Cc1ccccc1)NC(=O)C1CN(S(=O)(=O)c2ccc(Cl)cc2)c2ccccc2O1. The molecule has 0 fully saturated rings. The van der Waals surface area contributed by atoms with Crippen LogP contribution in [-0.2, 0) is 21.2 Å². The maximum Gasteiger partial charge on any atom is 0.264 e. The second-order valence-electron chi connectivity index (χ2n) is 8.60. The van der Waals surface area contributed by atoms with Crippen LogP contribution in [0.3, 0.4) is 0 Å². The van der Waals surface area contributed by atoms with E-state index in [2.05, 4.69) is 5.32 Å². The predicted octanol–water partition coefficient (Wildman–Crippen LogP) is 4.43. The van der Waals surface area contributed by atoms with Crippen molar-refractivity contribution in [2.45, 2.75) is 36.8 Å². The smallest absolute Gasteiger partial charge is 0.264 e. The topological polar surface area (TPSA) is 75.7 Å². The van der Waals surface area contributed by atoms with Crippen LogP contribution in [0.15, 0.2) is 83.8 Å². The molecule has 1 N–H and O–H groups in total. The molecule has 0 aromatic heterocycles. The molecule has 8 heteroatoms. The average Bonchev–Trinajstić information content (AvgIpc) is 2.78. The Labute approximate surface area is 199 Å². The summed E-state index contributed by atoms with van der Waals surface area (Å²) in [5, 5.41) is 3.46. The fraction of sp³-hybridized carbons (Fsp3) is 0.240. The van der Waals surface area contributed by atoms with Gasteiger partial charge < -0.3 is 10.1 Å². The lowest BCUT2D eigenvalue weighted by Gasteiger charge is -2.36. The standard InChI is InChI=1S/C25H25ClN2O4S/c1-25(2,16-18-8-4-3-5-9-18)27-24(29)23-17-28(21-10-6-7-11-22(21)32-23)33(30,31)20-14-12-19(26)13-15-20/h3-15,23H,16-17H2,1-2H3,(H,27,29). The Bertz CT molecular complexity index is 1240. The molecule has 1 unspecified atom stereocenters. The van der Waals surface area contributed by atoms with Crippen LogP contribution < -0.4 is 14.4 Å². The molecule has 1 atom stereocenters. The van der Waals surface area contributed by atoms with E-state index in [9.17, 15) is 13.2 Å². The lowest BCUT2D eigenvalue weighted by molar-refractivity contribution is -0.129. The van der Waals surface area contributed by atoms with E-state index in [1.165, 1.54) is 28.6 Å². The van der Waals surface area contributed by atoms with Crippen LogP contribution in [-0.4, -0.2) is 32.5 Å². The van der Waals surface area contributed by atoms with Crippen molar-refractivity contribution in [3.05, 3.63) is 89.4 Å². The van der Waals surface area contributed by atoms with Gasteiger partial charge in [0.15, 0.2) is 6.10 Å². The molecule has 6 nitrogen and oxygen atoms in total.